The van der Waals surface area contributed by atoms with Crippen LogP contribution in [0.4, 0.5) is 5.69 Å². The van der Waals surface area contributed by atoms with Crippen LogP contribution in [-0.4, -0.2) is 32.0 Å². The summed E-state index contributed by atoms with van der Waals surface area (Å²) < 4.78 is 11.5. The third-order valence-corrected chi connectivity index (χ3v) is 4.40. The molecular weight excluding hydrogens is 378 g/mol. The monoisotopic (exact) mass is 395 g/mol. The summed E-state index contributed by atoms with van der Waals surface area (Å²) in [5, 5.41) is 2.87. The van der Waals surface area contributed by atoms with Crippen molar-refractivity contribution in [3.8, 4) is 5.75 Å². The van der Waals surface area contributed by atoms with Crippen molar-refractivity contribution in [3.05, 3.63) is 53.0 Å². The van der Waals surface area contributed by atoms with E-state index in [4.69, 9.17) is 9.47 Å². The SMILES string of the molecule is COCCOc1cccc(NC(=O)CSc2ccc(Br)cc2)c1. The van der Waals surface area contributed by atoms with Crippen molar-refractivity contribution in [3.63, 3.8) is 0 Å². The van der Waals surface area contributed by atoms with Crippen LogP contribution in [0.25, 0.3) is 0 Å². The van der Waals surface area contributed by atoms with Crippen molar-refractivity contribution in [1.29, 1.82) is 0 Å². The number of rotatable bonds is 8. The first-order valence-corrected chi connectivity index (χ1v) is 8.85. The van der Waals surface area contributed by atoms with Crippen molar-refractivity contribution in [1.82, 2.24) is 0 Å². The Morgan fingerprint density at radius 2 is 1.96 bits per heavy atom. The number of thioether (sulfide) groups is 1. The number of hydrogen-bond acceptors (Lipinski definition) is 4. The highest BCUT2D eigenvalue weighted by atomic mass is 79.9. The molecule has 0 aliphatic heterocycles. The lowest BCUT2D eigenvalue weighted by Crippen LogP contribution is -2.14. The average Bonchev–Trinajstić information content (AvgIpc) is 2.55. The Hall–Kier alpha value is -1.50. The Morgan fingerprint density at radius 1 is 1.17 bits per heavy atom. The molecule has 0 spiro atoms. The van der Waals surface area contributed by atoms with E-state index in [1.165, 1.54) is 11.8 Å². The molecule has 1 N–H and O–H groups in total. The summed E-state index contributed by atoms with van der Waals surface area (Å²) in [4.78, 5) is 13.1. The summed E-state index contributed by atoms with van der Waals surface area (Å²) in [5.74, 6) is 1.02. The van der Waals surface area contributed by atoms with Crippen LogP contribution in [0.1, 0.15) is 0 Å². The number of methoxy groups -OCH3 is 1. The Balaban J connectivity index is 1.82. The number of ether oxygens (including phenoxy) is 2. The van der Waals surface area contributed by atoms with Crippen LogP contribution in [0, 0.1) is 0 Å². The molecule has 6 heteroatoms. The van der Waals surface area contributed by atoms with Crippen LogP contribution in [0.2, 0.25) is 0 Å². The fourth-order valence-corrected chi connectivity index (χ4v) is 2.75. The largest absolute Gasteiger partial charge is 0.491 e. The van der Waals surface area contributed by atoms with Gasteiger partial charge in [0.05, 0.1) is 12.4 Å². The van der Waals surface area contributed by atoms with E-state index in [1.807, 2.05) is 42.5 Å². The van der Waals surface area contributed by atoms with Crippen molar-refractivity contribution in [2.24, 2.45) is 0 Å². The Bertz CT molecular complexity index is 634. The second-order valence-corrected chi connectivity index (χ2v) is 6.62. The third-order valence-electron chi connectivity index (χ3n) is 2.86. The van der Waals surface area contributed by atoms with Crippen molar-refractivity contribution in [2.45, 2.75) is 4.90 Å². The molecule has 0 heterocycles. The number of halogens is 1. The van der Waals surface area contributed by atoms with Crippen LogP contribution in [0.5, 0.6) is 5.75 Å². The normalized spacial score (nSPS) is 10.3. The van der Waals surface area contributed by atoms with Crippen LogP contribution in [0.15, 0.2) is 57.9 Å². The molecule has 1 amide bonds. The summed E-state index contributed by atoms with van der Waals surface area (Å²) >= 11 is 4.89. The summed E-state index contributed by atoms with van der Waals surface area (Å²) in [7, 11) is 1.63. The fraction of sp³-hybridized carbons (Fsp3) is 0.235. The third kappa shape index (κ3) is 6.64. The second kappa shape index (κ2) is 9.60. The number of carbonyl (C=O) groups excluding carboxylic acids is 1. The quantitative estimate of drug-likeness (QED) is 0.537. The molecule has 2 rings (SSSR count). The van der Waals surface area contributed by atoms with Crippen molar-refractivity contribution >= 4 is 39.3 Å². The fourth-order valence-electron chi connectivity index (χ4n) is 1.78. The van der Waals surface area contributed by atoms with Gasteiger partial charge in [-0.15, -0.1) is 11.8 Å². The zero-order chi connectivity index (χ0) is 16.5. The van der Waals surface area contributed by atoms with Gasteiger partial charge in [-0.2, -0.15) is 0 Å². The number of hydrogen-bond donors (Lipinski definition) is 1. The minimum atomic E-state index is -0.0491. The zero-order valence-electron chi connectivity index (χ0n) is 12.8. The highest BCUT2D eigenvalue weighted by molar-refractivity contribution is 9.10. The lowest BCUT2D eigenvalue weighted by molar-refractivity contribution is -0.113. The molecule has 122 valence electrons. The van der Waals surface area contributed by atoms with Gasteiger partial charge in [-0.25, -0.2) is 0 Å². The van der Waals surface area contributed by atoms with Gasteiger partial charge in [0.25, 0.3) is 0 Å². The van der Waals surface area contributed by atoms with E-state index in [0.29, 0.717) is 24.7 Å². The molecule has 0 saturated carbocycles. The second-order valence-electron chi connectivity index (χ2n) is 4.66. The Morgan fingerprint density at radius 3 is 2.70 bits per heavy atom. The van der Waals surface area contributed by atoms with E-state index in [1.54, 1.807) is 13.2 Å². The molecule has 23 heavy (non-hydrogen) atoms. The molecule has 0 aromatic heterocycles. The molecule has 2 aromatic rings. The average molecular weight is 396 g/mol. The summed E-state index contributed by atoms with van der Waals surface area (Å²) in [6.07, 6.45) is 0. The number of carbonyl (C=O) groups is 1. The Kier molecular flexibility index (Phi) is 7.45. The smallest absolute Gasteiger partial charge is 0.234 e. The minimum absolute atomic E-state index is 0.0491. The van der Waals surface area contributed by atoms with Gasteiger partial charge < -0.3 is 14.8 Å². The molecule has 4 nitrogen and oxygen atoms in total. The van der Waals surface area contributed by atoms with Gasteiger partial charge in [0.2, 0.25) is 5.91 Å². The van der Waals surface area contributed by atoms with E-state index in [-0.39, 0.29) is 5.91 Å². The van der Waals surface area contributed by atoms with E-state index >= 15 is 0 Å². The molecule has 0 bridgehead atoms. The molecule has 2 aromatic carbocycles. The summed E-state index contributed by atoms with van der Waals surface area (Å²) in [5.41, 5.74) is 0.723. The highest BCUT2D eigenvalue weighted by Gasteiger charge is 2.05. The standard InChI is InChI=1S/C17H18BrNO3S/c1-21-9-10-22-15-4-2-3-14(11-15)19-17(20)12-23-16-7-5-13(18)6-8-16/h2-8,11H,9-10,12H2,1H3,(H,19,20). The Labute approximate surface area is 148 Å². The first-order chi connectivity index (χ1) is 11.2. The van der Waals surface area contributed by atoms with Gasteiger partial charge in [-0.1, -0.05) is 22.0 Å². The van der Waals surface area contributed by atoms with E-state index < -0.39 is 0 Å². The van der Waals surface area contributed by atoms with Gasteiger partial charge in [-0.3, -0.25) is 4.79 Å². The van der Waals surface area contributed by atoms with Crippen molar-refractivity contribution < 1.29 is 14.3 Å². The lowest BCUT2D eigenvalue weighted by Gasteiger charge is -2.09. The maximum Gasteiger partial charge on any atom is 0.234 e. The number of benzene rings is 2. The van der Waals surface area contributed by atoms with E-state index in [9.17, 15) is 4.79 Å². The van der Waals surface area contributed by atoms with Crippen LogP contribution >= 0.6 is 27.7 Å². The lowest BCUT2D eigenvalue weighted by atomic mass is 10.3. The summed E-state index contributed by atoms with van der Waals surface area (Å²) in [6.45, 7) is 1.01. The maximum atomic E-state index is 12.0. The number of amides is 1. The molecule has 0 aliphatic carbocycles. The predicted octanol–water partition coefficient (Wildman–Crippen LogP) is 4.21. The molecule has 0 radical (unpaired) electrons. The molecule has 0 atom stereocenters. The molecule has 0 saturated heterocycles. The number of anilines is 1. The first-order valence-electron chi connectivity index (χ1n) is 7.07. The van der Waals surface area contributed by atoms with Crippen LogP contribution < -0.4 is 10.1 Å². The zero-order valence-corrected chi connectivity index (χ0v) is 15.2. The predicted molar refractivity (Wildman–Crippen MR) is 97.3 cm³/mol. The van der Waals surface area contributed by atoms with Crippen LogP contribution in [0.3, 0.4) is 0 Å². The van der Waals surface area contributed by atoms with Gasteiger partial charge >= 0.3 is 0 Å². The van der Waals surface area contributed by atoms with E-state index in [2.05, 4.69) is 21.2 Å². The van der Waals surface area contributed by atoms with Gasteiger partial charge in [-0.05, 0) is 36.4 Å². The van der Waals surface area contributed by atoms with Crippen molar-refractivity contribution in [2.75, 3.05) is 31.4 Å². The first kappa shape index (κ1) is 17.8. The molecular formula is C17H18BrNO3S. The highest BCUT2D eigenvalue weighted by Crippen LogP contribution is 2.21. The van der Waals surface area contributed by atoms with Gasteiger partial charge in [0.15, 0.2) is 0 Å². The topological polar surface area (TPSA) is 47.6 Å². The molecule has 0 unspecified atom stereocenters. The van der Waals surface area contributed by atoms with Gasteiger partial charge in [0, 0.05) is 28.2 Å². The van der Waals surface area contributed by atoms with Gasteiger partial charge in [0.1, 0.15) is 12.4 Å². The molecule has 0 fully saturated rings. The maximum absolute atomic E-state index is 12.0. The van der Waals surface area contributed by atoms with Crippen LogP contribution in [-0.2, 0) is 9.53 Å². The number of nitrogens with one attached hydrogen (secondary N) is 1. The minimum Gasteiger partial charge on any atom is -0.491 e. The summed E-state index contributed by atoms with van der Waals surface area (Å²) in [6, 6.07) is 15.2. The molecule has 0 aliphatic rings. The van der Waals surface area contributed by atoms with E-state index in [0.717, 1.165) is 15.1 Å².